The SMILES string of the molecule is CCCCC1CCN(C[C@@H](C)CN2C(=O)CCc3cc(F)ccc32)CC1. The zero-order valence-electron chi connectivity index (χ0n) is 16.3. The lowest BCUT2D eigenvalue weighted by atomic mass is 9.91. The molecule has 0 aliphatic carbocycles. The van der Waals surface area contributed by atoms with Gasteiger partial charge in [-0.3, -0.25) is 4.79 Å². The number of hydrogen-bond acceptors (Lipinski definition) is 2. The Balaban J connectivity index is 1.52. The van der Waals surface area contributed by atoms with Gasteiger partial charge in [-0.2, -0.15) is 0 Å². The van der Waals surface area contributed by atoms with E-state index in [-0.39, 0.29) is 11.7 Å². The molecule has 1 amide bonds. The molecule has 0 unspecified atom stereocenters. The third-order valence-electron chi connectivity index (χ3n) is 5.98. The molecule has 4 heteroatoms. The Morgan fingerprint density at radius 3 is 2.69 bits per heavy atom. The highest BCUT2D eigenvalue weighted by Gasteiger charge is 2.27. The maximum absolute atomic E-state index is 13.5. The summed E-state index contributed by atoms with van der Waals surface area (Å²) in [5.41, 5.74) is 1.88. The molecule has 0 aromatic heterocycles. The molecular weight excluding hydrogens is 327 g/mol. The Morgan fingerprint density at radius 1 is 1.19 bits per heavy atom. The molecule has 1 aromatic carbocycles. The van der Waals surface area contributed by atoms with E-state index in [0.717, 1.165) is 30.3 Å². The lowest BCUT2D eigenvalue weighted by Gasteiger charge is -2.36. The average Bonchev–Trinajstić information content (AvgIpc) is 2.63. The van der Waals surface area contributed by atoms with Crippen LogP contribution in [0.2, 0.25) is 0 Å². The van der Waals surface area contributed by atoms with Crippen molar-refractivity contribution >= 4 is 11.6 Å². The van der Waals surface area contributed by atoms with E-state index in [1.165, 1.54) is 51.3 Å². The fourth-order valence-corrected chi connectivity index (χ4v) is 4.49. The first-order valence-electron chi connectivity index (χ1n) is 10.4. The first-order valence-corrected chi connectivity index (χ1v) is 10.4. The van der Waals surface area contributed by atoms with Crippen molar-refractivity contribution in [3.63, 3.8) is 0 Å². The zero-order valence-corrected chi connectivity index (χ0v) is 16.3. The van der Waals surface area contributed by atoms with Crippen LogP contribution in [-0.2, 0) is 11.2 Å². The second-order valence-corrected chi connectivity index (χ2v) is 8.27. The van der Waals surface area contributed by atoms with Gasteiger partial charge >= 0.3 is 0 Å². The molecule has 26 heavy (non-hydrogen) atoms. The van der Waals surface area contributed by atoms with E-state index in [1.54, 1.807) is 12.1 Å². The fraction of sp³-hybridized carbons (Fsp3) is 0.682. The number of likely N-dealkylation sites (tertiary alicyclic amines) is 1. The molecule has 1 atom stereocenters. The molecule has 0 spiro atoms. The third-order valence-corrected chi connectivity index (χ3v) is 5.98. The molecule has 1 fully saturated rings. The Labute approximate surface area is 157 Å². The minimum atomic E-state index is -0.211. The lowest BCUT2D eigenvalue weighted by molar-refractivity contribution is -0.119. The Bertz CT molecular complexity index is 610. The molecule has 0 radical (unpaired) electrons. The molecule has 0 saturated carbocycles. The summed E-state index contributed by atoms with van der Waals surface area (Å²) in [7, 11) is 0. The van der Waals surface area contributed by atoms with Gasteiger partial charge in [-0.15, -0.1) is 0 Å². The fourth-order valence-electron chi connectivity index (χ4n) is 4.49. The minimum Gasteiger partial charge on any atom is -0.312 e. The molecule has 2 aliphatic heterocycles. The molecule has 144 valence electrons. The monoisotopic (exact) mass is 360 g/mol. The summed E-state index contributed by atoms with van der Waals surface area (Å²) in [5.74, 6) is 1.29. The normalized spacial score (nSPS) is 20.3. The number of anilines is 1. The number of amides is 1. The molecule has 2 heterocycles. The molecule has 3 nitrogen and oxygen atoms in total. The molecule has 1 aromatic rings. The first-order chi connectivity index (χ1) is 12.6. The number of rotatable bonds is 7. The molecule has 1 saturated heterocycles. The number of carbonyl (C=O) groups is 1. The zero-order chi connectivity index (χ0) is 18.5. The maximum atomic E-state index is 13.5. The van der Waals surface area contributed by atoms with Gasteiger partial charge < -0.3 is 9.80 Å². The van der Waals surface area contributed by atoms with Crippen LogP contribution in [0.5, 0.6) is 0 Å². The van der Waals surface area contributed by atoms with Crippen LogP contribution in [0.4, 0.5) is 10.1 Å². The van der Waals surface area contributed by atoms with Crippen molar-refractivity contribution in [3.8, 4) is 0 Å². The van der Waals surface area contributed by atoms with Gasteiger partial charge in [0.2, 0.25) is 5.91 Å². The van der Waals surface area contributed by atoms with Crippen molar-refractivity contribution in [2.45, 2.75) is 58.8 Å². The van der Waals surface area contributed by atoms with E-state index in [1.807, 2.05) is 4.90 Å². The van der Waals surface area contributed by atoms with Crippen molar-refractivity contribution in [1.29, 1.82) is 0 Å². The predicted octanol–water partition coefficient (Wildman–Crippen LogP) is 4.64. The molecule has 3 rings (SSSR count). The van der Waals surface area contributed by atoms with Crippen molar-refractivity contribution < 1.29 is 9.18 Å². The number of halogens is 1. The third kappa shape index (κ3) is 4.85. The second-order valence-electron chi connectivity index (χ2n) is 8.27. The van der Waals surface area contributed by atoms with Crippen LogP contribution in [-0.4, -0.2) is 37.0 Å². The maximum Gasteiger partial charge on any atom is 0.227 e. The summed E-state index contributed by atoms with van der Waals surface area (Å²) in [5, 5.41) is 0. The van der Waals surface area contributed by atoms with Crippen LogP contribution < -0.4 is 4.90 Å². The van der Waals surface area contributed by atoms with Gasteiger partial charge in [-0.05, 0) is 68.0 Å². The van der Waals surface area contributed by atoms with Crippen molar-refractivity contribution in [2.75, 3.05) is 31.1 Å². The van der Waals surface area contributed by atoms with Crippen LogP contribution in [0, 0.1) is 17.7 Å². The number of hydrogen-bond donors (Lipinski definition) is 0. The van der Waals surface area contributed by atoms with Crippen molar-refractivity contribution in [3.05, 3.63) is 29.6 Å². The van der Waals surface area contributed by atoms with E-state index < -0.39 is 0 Å². The number of unbranched alkanes of at least 4 members (excludes halogenated alkanes) is 1. The van der Waals surface area contributed by atoms with Crippen molar-refractivity contribution in [2.24, 2.45) is 11.8 Å². The number of piperidine rings is 1. The number of fused-ring (bicyclic) bond motifs is 1. The van der Waals surface area contributed by atoms with Crippen LogP contribution >= 0.6 is 0 Å². The summed E-state index contributed by atoms with van der Waals surface area (Å²) in [4.78, 5) is 16.9. The molecular formula is C22H33FN2O. The Hall–Kier alpha value is -1.42. The van der Waals surface area contributed by atoms with Gasteiger partial charge in [0, 0.05) is 25.2 Å². The van der Waals surface area contributed by atoms with Crippen LogP contribution in [0.1, 0.15) is 57.9 Å². The Morgan fingerprint density at radius 2 is 1.96 bits per heavy atom. The molecule has 0 bridgehead atoms. The number of benzene rings is 1. The summed E-state index contributed by atoms with van der Waals surface area (Å²) in [6, 6.07) is 4.82. The number of aryl methyl sites for hydroxylation is 1. The summed E-state index contributed by atoms with van der Waals surface area (Å²) < 4.78 is 13.5. The Kier molecular flexibility index (Phi) is 6.68. The highest BCUT2D eigenvalue weighted by Crippen LogP contribution is 2.29. The predicted molar refractivity (Wildman–Crippen MR) is 105 cm³/mol. The van der Waals surface area contributed by atoms with E-state index >= 15 is 0 Å². The largest absolute Gasteiger partial charge is 0.312 e. The van der Waals surface area contributed by atoms with Crippen LogP contribution in [0.15, 0.2) is 18.2 Å². The summed E-state index contributed by atoms with van der Waals surface area (Å²) in [6.45, 7) is 8.65. The van der Waals surface area contributed by atoms with Gasteiger partial charge in [0.15, 0.2) is 0 Å². The first kappa shape index (κ1) is 19.3. The van der Waals surface area contributed by atoms with Crippen molar-refractivity contribution in [1.82, 2.24) is 4.90 Å². The van der Waals surface area contributed by atoms with E-state index in [9.17, 15) is 9.18 Å². The van der Waals surface area contributed by atoms with Gasteiger partial charge in [-0.1, -0.05) is 33.1 Å². The quantitative estimate of drug-likeness (QED) is 0.707. The number of nitrogens with zero attached hydrogens (tertiary/aromatic N) is 2. The van der Waals surface area contributed by atoms with E-state index in [4.69, 9.17) is 0 Å². The average molecular weight is 361 g/mol. The van der Waals surface area contributed by atoms with E-state index in [0.29, 0.717) is 18.8 Å². The van der Waals surface area contributed by atoms with Crippen LogP contribution in [0.3, 0.4) is 0 Å². The second kappa shape index (κ2) is 8.98. The van der Waals surface area contributed by atoms with E-state index in [2.05, 4.69) is 18.7 Å². The highest BCUT2D eigenvalue weighted by atomic mass is 19.1. The topological polar surface area (TPSA) is 23.6 Å². The standard InChI is InChI=1S/C22H33FN2O/c1-3-4-5-18-10-12-24(13-11-18)15-17(2)16-25-21-8-7-20(23)14-19(21)6-9-22(25)26/h7-8,14,17-18H,3-6,9-13,15-16H2,1-2H3/t17-/m1/s1. The van der Waals surface area contributed by atoms with Gasteiger partial charge in [0.05, 0.1) is 0 Å². The van der Waals surface area contributed by atoms with Gasteiger partial charge in [0.25, 0.3) is 0 Å². The van der Waals surface area contributed by atoms with Gasteiger partial charge in [-0.25, -0.2) is 4.39 Å². The van der Waals surface area contributed by atoms with Gasteiger partial charge in [0.1, 0.15) is 5.82 Å². The summed E-state index contributed by atoms with van der Waals surface area (Å²) >= 11 is 0. The summed E-state index contributed by atoms with van der Waals surface area (Å²) in [6.07, 6.45) is 7.82. The lowest BCUT2D eigenvalue weighted by Crippen LogP contribution is -2.43. The smallest absolute Gasteiger partial charge is 0.227 e. The molecule has 2 aliphatic rings. The highest BCUT2D eigenvalue weighted by molar-refractivity contribution is 5.96. The minimum absolute atomic E-state index is 0.175. The van der Waals surface area contributed by atoms with Crippen LogP contribution in [0.25, 0.3) is 0 Å². The molecule has 0 N–H and O–H groups in total. The number of carbonyl (C=O) groups excluding carboxylic acids is 1.